The van der Waals surface area contributed by atoms with Crippen molar-refractivity contribution in [3.63, 3.8) is 0 Å². The minimum Gasteiger partial charge on any atom is -0.375 e. The molecule has 0 N–H and O–H groups in total. The Bertz CT molecular complexity index is 91.3. The van der Waals surface area contributed by atoms with E-state index in [4.69, 9.17) is 4.74 Å². The molecule has 0 aromatic heterocycles. The van der Waals surface area contributed by atoms with Gasteiger partial charge in [0.25, 0.3) is 0 Å². The van der Waals surface area contributed by atoms with E-state index in [1.165, 1.54) is 38.5 Å². The zero-order valence-electron chi connectivity index (χ0n) is 9.81. The Morgan fingerprint density at radius 1 is 0.923 bits per heavy atom. The van der Waals surface area contributed by atoms with E-state index >= 15 is 0 Å². The van der Waals surface area contributed by atoms with Crippen molar-refractivity contribution < 1.29 is 4.74 Å². The van der Waals surface area contributed by atoms with Crippen molar-refractivity contribution in [1.82, 2.24) is 0 Å². The summed E-state index contributed by atoms with van der Waals surface area (Å²) in [6, 6.07) is 0. The SMILES string of the molecule is CCC.CCC1CCCC(CC)O1. The van der Waals surface area contributed by atoms with Gasteiger partial charge in [-0.05, 0) is 32.1 Å². The van der Waals surface area contributed by atoms with Gasteiger partial charge in [0.1, 0.15) is 0 Å². The predicted octanol–water partition coefficient (Wildman–Crippen LogP) is 4.16. The molecule has 1 fully saturated rings. The zero-order chi connectivity index (χ0) is 10.1. The molecule has 1 aliphatic rings. The highest BCUT2D eigenvalue weighted by Crippen LogP contribution is 2.22. The third kappa shape index (κ3) is 6.09. The second kappa shape index (κ2) is 8.55. The summed E-state index contributed by atoms with van der Waals surface area (Å²) in [7, 11) is 0. The lowest BCUT2D eigenvalue weighted by Gasteiger charge is -2.28. The summed E-state index contributed by atoms with van der Waals surface area (Å²) in [6.45, 7) is 8.67. The lowest BCUT2D eigenvalue weighted by Crippen LogP contribution is -2.26. The molecule has 13 heavy (non-hydrogen) atoms. The minimum absolute atomic E-state index is 0.568. The van der Waals surface area contributed by atoms with Crippen LogP contribution in [0.1, 0.15) is 66.2 Å². The monoisotopic (exact) mass is 186 g/mol. The summed E-state index contributed by atoms with van der Waals surface area (Å²) >= 11 is 0. The van der Waals surface area contributed by atoms with E-state index in [0.717, 1.165) is 0 Å². The van der Waals surface area contributed by atoms with Crippen LogP contribution in [0.5, 0.6) is 0 Å². The molecule has 0 aliphatic carbocycles. The van der Waals surface area contributed by atoms with Gasteiger partial charge in [-0.2, -0.15) is 0 Å². The molecule has 1 nitrogen and oxygen atoms in total. The first-order chi connectivity index (χ1) is 6.28. The molecule has 0 radical (unpaired) electrons. The lowest BCUT2D eigenvalue weighted by atomic mass is 10.0. The van der Waals surface area contributed by atoms with Gasteiger partial charge >= 0.3 is 0 Å². The molecule has 0 aromatic carbocycles. The molecule has 0 saturated carbocycles. The lowest BCUT2D eigenvalue weighted by molar-refractivity contribution is -0.0517. The third-order valence-electron chi connectivity index (χ3n) is 2.35. The van der Waals surface area contributed by atoms with Gasteiger partial charge in [0.15, 0.2) is 0 Å². The fraction of sp³-hybridized carbons (Fsp3) is 1.00. The van der Waals surface area contributed by atoms with Crippen LogP contribution in [-0.2, 0) is 4.74 Å². The largest absolute Gasteiger partial charge is 0.375 e. The highest BCUT2D eigenvalue weighted by atomic mass is 16.5. The summed E-state index contributed by atoms with van der Waals surface area (Å²) in [5.74, 6) is 0. The summed E-state index contributed by atoms with van der Waals surface area (Å²) in [6.07, 6.45) is 8.71. The van der Waals surface area contributed by atoms with Crippen molar-refractivity contribution >= 4 is 0 Å². The van der Waals surface area contributed by atoms with Crippen molar-refractivity contribution in [2.24, 2.45) is 0 Å². The molecule has 2 atom stereocenters. The average Bonchev–Trinajstić information content (AvgIpc) is 2.19. The smallest absolute Gasteiger partial charge is 0.0576 e. The van der Waals surface area contributed by atoms with E-state index in [1.807, 2.05) is 0 Å². The first-order valence-electron chi connectivity index (χ1n) is 5.93. The molecule has 1 saturated heterocycles. The Hall–Kier alpha value is -0.0400. The van der Waals surface area contributed by atoms with Crippen LogP contribution in [0.25, 0.3) is 0 Å². The van der Waals surface area contributed by atoms with Crippen LogP contribution in [0.3, 0.4) is 0 Å². The molecular weight excluding hydrogens is 160 g/mol. The molecule has 2 unspecified atom stereocenters. The quantitative estimate of drug-likeness (QED) is 0.629. The Morgan fingerprint density at radius 2 is 1.31 bits per heavy atom. The molecule has 1 rings (SSSR count). The second-order valence-corrected chi connectivity index (χ2v) is 3.83. The molecule has 0 spiro atoms. The van der Waals surface area contributed by atoms with E-state index in [1.54, 1.807) is 0 Å². The summed E-state index contributed by atoms with van der Waals surface area (Å²) in [5, 5.41) is 0. The van der Waals surface area contributed by atoms with Crippen molar-refractivity contribution in [2.45, 2.75) is 78.4 Å². The standard InChI is InChI=1S/C9H18O.C3H8/c1-3-8-6-5-7-9(4-2)10-8;1-3-2/h8-9H,3-7H2,1-2H3;3H2,1-2H3. The first-order valence-corrected chi connectivity index (χ1v) is 5.93. The zero-order valence-corrected chi connectivity index (χ0v) is 9.81. The van der Waals surface area contributed by atoms with Crippen LogP contribution < -0.4 is 0 Å². The van der Waals surface area contributed by atoms with Crippen molar-refractivity contribution in [2.75, 3.05) is 0 Å². The maximum absolute atomic E-state index is 5.78. The fourth-order valence-corrected chi connectivity index (χ4v) is 1.58. The average molecular weight is 186 g/mol. The van der Waals surface area contributed by atoms with Crippen LogP contribution in [0.15, 0.2) is 0 Å². The van der Waals surface area contributed by atoms with Crippen molar-refractivity contribution in [3.8, 4) is 0 Å². The third-order valence-corrected chi connectivity index (χ3v) is 2.35. The topological polar surface area (TPSA) is 9.23 Å². The van der Waals surface area contributed by atoms with E-state index in [0.29, 0.717) is 12.2 Å². The van der Waals surface area contributed by atoms with E-state index in [9.17, 15) is 0 Å². The van der Waals surface area contributed by atoms with Crippen LogP contribution in [0.4, 0.5) is 0 Å². The van der Waals surface area contributed by atoms with Gasteiger partial charge in [-0.1, -0.05) is 34.1 Å². The Morgan fingerprint density at radius 3 is 1.62 bits per heavy atom. The normalized spacial score (nSPS) is 27.7. The second-order valence-electron chi connectivity index (χ2n) is 3.83. The van der Waals surface area contributed by atoms with Gasteiger partial charge in [0.05, 0.1) is 12.2 Å². The molecule has 0 bridgehead atoms. The van der Waals surface area contributed by atoms with Gasteiger partial charge < -0.3 is 4.74 Å². The Labute approximate surface area is 83.9 Å². The van der Waals surface area contributed by atoms with Crippen LogP contribution >= 0.6 is 0 Å². The van der Waals surface area contributed by atoms with E-state index in [-0.39, 0.29) is 0 Å². The van der Waals surface area contributed by atoms with Crippen LogP contribution in [-0.4, -0.2) is 12.2 Å². The Balaban J connectivity index is 0.000000424. The van der Waals surface area contributed by atoms with Crippen molar-refractivity contribution in [3.05, 3.63) is 0 Å². The number of hydrogen-bond acceptors (Lipinski definition) is 1. The number of ether oxygens (including phenoxy) is 1. The van der Waals surface area contributed by atoms with Crippen LogP contribution in [0.2, 0.25) is 0 Å². The molecule has 0 amide bonds. The molecule has 1 heteroatoms. The molecule has 1 heterocycles. The highest BCUT2D eigenvalue weighted by molar-refractivity contribution is 4.68. The molecular formula is C12H26O. The fourth-order valence-electron chi connectivity index (χ4n) is 1.58. The molecule has 80 valence electrons. The number of hydrogen-bond donors (Lipinski definition) is 0. The summed E-state index contributed by atoms with van der Waals surface area (Å²) in [4.78, 5) is 0. The minimum atomic E-state index is 0.568. The summed E-state index contributed by atoms with van der Waals surface area (Å²) < 4.78 is 5.78. The van der Waals surface area contributed by atoms with Crippen LogP contribution in [0, 0.1) is 0 Å². The van der Waals surface area contributed by atoms with E-state index in [2.05, 4.69) is 27.7 Å². The Kier molecular flexibility index (Phi) is 8.53. The van der Waals surface area contributed by atoms with Gasteiger partial charge in [0, 0.05) is 0 Å². The first kappa shape index (κ1) is 13.0. The highest BCUT2D eigenvalue weighted by Gasteiger charge is 2.18. The molecule has 0 aromatic rings. The van der Waals surface area contributed by atoms with Gasteiger partial charge in [-0.15, -0.1) is 0 Å². The predicted molar refractivity (Wildman–Crippen MR) is 59.1 cm³/mol. The number of rotatable bonds is 2. The van der Waals surface area contributed by atoms with Gasteiger partial charge in [-0.25, -0.2) is 0 Å². The van der Waals surface area contributed by atoms with Gasteiger partial charge in [0.2, 0.25) is 0 Å². The molecule has 1 aliphatic heterocycles. The van der Waals surface area contributed by atoms with E-state index < -0.39 is 0 Å². The van der Waals surface area contributed by atoms with Gasteiger partial charge in [-0.3, -0.25) is 0 Å². The van der Waals surface area contributed by atoms with Crippen molar-refractivity contribution in [1.29, 1.82) is 0 Å². The maximum atomic E-state index is 5.78. The maximum Gasteiger partial charge on any atom is 0.0576 e. The summed E-state index contributed by atoms with van der Waals surface area (Å²) in [5.41, 5.74) is 0.